The van der Waals surface area contributed by atoms with E-state index in [0.717, 1.165) is 12.8 Å². The molecule has 27 heavy (non-hydrogen) atoms. The molecule has 2 aromatic rings. The summed E-state index contributed by atoms with van der Waals surface area (Å²) in [6.07, 6.45) is 1.88. The van der Waals surface area contributed by atoms with Crippen molar-refractivity contribution in [1.29, 1.82) is 0 Å². The molecule has 7 nitrogen and oxygen atoms in total. The highest BCUT2D eigenvalue weighted by Crippen LogP contribution is 2.30. The van der Waals surface area contributed by atoms with Crippen LogP contribution in [0.5, 0.6) is 17.2 Å². The smallest absolute Gasteiger partial charge is 0.262 e. The molecule has 2 aromatic carbocycles. The van der Waals surface area contributed by atoms with E-state index in [1.165, 1.54) is 0 Å². The van der Waals surface area contributed by atoms with Crippen molar-refractivity contribution in [3.8, 4) is 17.2 Å². The number of ether oxygens (including phenoxy) is 3. The van der Waals surface area contributed by atoms with Crippen molar-refractivity contribution in [3.63, 3.8) is 0 Å². The largest absolute Gasteiger partial charge is 0.497 e. The SMILES string of the molecule is COc1cc(NC(=O)COc2cccc(NC(=O)C3CC3)c2)cc(OC)c1. The van der Waals surface area contributed by atoms with Gasteiger partial charge >= 0.3 is 0 Å². The number of nitrogens with one attached hydrogen (secondary N) is 2. The van der Waals surface area contributed by atoms with Gasteiger partial charge in [-0.3, -0.25) is 9.59 Å². The highest BCUT2D eigenvalue weighted by Gasteiger charge is 2.29. The summed E-state index contributed by atoms with van der Waals surface area (Å²) in [6.45, 7) is -0.167. The van der Waals surface area contributed by atoms with Gasteiger partial charge < -0.3 is 24.8 Å². The number of methoxy groups -OCH3 is 2. The summed E-state index contributed by atoms with van der Waals surface area (Å²) >= 11 is 0. The number of hydrogen-bond donors (Lipinski definition) is 2. The molecule has 3 rings (SSSR count). The van der Waals surface area contributed by atoms with Gasteiger partial charge in [-0.1, -0.05) is 6.07 Å². The lowest BCUT2D eigenvalue weighted by atomic mass is 10.2. The maximum Gasteiger partial charge on any atom is 0.262 e. The molecule has 0 spiro atoms. The molecule has 1 aliphatic rings. The van der Waals surface area contributed by atoms with Gasteiger partial charge in [0.05, 0.1) is 14.2 Å². The van der Waals surface area contributed by atoms with Crippen molar-refractivity contribution >= 4 is 23.2 Å². The van der Waals surface area contributed by atoms with Crippen LogP contribution in [0.15, 0.2) is 42.5 Å². The van der Waals surface area contributed by atoms with E-state index in [1.807, 2.05) is 0 Å². The molecule has 0 saturated heterocycles. The van der Waals surface area contributed by atoms with Crippen molar-refractivity contribution in [1.82, 2.24) is 0 Å². The van der Waals surface area contributed by atoms with Gasteiger partial charge in [0, 0.05) is 41.6 Å². The first-order chi connectivity index (χ1) is 13.1. The highest BCUT2D eigenvalue weighted by atomic mass is 16.5. The van der Waals surface area contributed by atoms with Crippen LogP contribution in [0.4, 0.5) is 11.4 Å². The lowest BCUT2D eigenvalue weighted by Crippen LogP contribution is -2.20. The molecule has 0 heterocycles. The highest BCUT2D eigenvalue weighted by molar-refractivity contribution is 5.94. The van der Waals surface area contributed by atoms with Gasteiger partial charge in [-0.15, -0.1) is 0 Å². The molecule has 2 amide bonds. The second kappa shape index (κ2) is 8.44. The first-order valence-electron chi connectivity index (χ1n) is 8.64. The summed E-state index contributed by atoms with van der Waals surface area (Å²) in [6, 6.07) is 12.1. The monoisotopic (exact) mass is 370 g/mol. The van der Waals surface area contributed by atoms with Crippen LogP contribution in [0.2, 0.25) is 0 Å². The molecular formula is C20H22N2O5. The van der Waals surface area contributed by atoms with E-state index in [9.17, 15) is 9.59 Å². The molecule has 0 aliphatic heterocycles. The Morgan fingerprint density at radius 1 is 0.926 bits per heavy atom. The molecule has 0 atom stereocenters. The van der Waals surface area contributed by atoms with Crippen LogP contribution >= 0.6 is 0 Å². The first-order valence-corrected chi connectivity index (χ1v) is 8.64. The van der Waals surface area contributed by atoms with Crippen LogP contribution in [0, 0.1) is 5.92 Å². The molecule has 2 N–H and O–H groups in total. The van der Waals surface area contributed by atoms with E-state index in [2.05, 4.69) is 10.6 Å². The molecule has 142 valence electrons. The van der Waals surface area contributed by atoms with E-state index in [-0.39, 0.29) is 24.3 Å². The molecule has 0 aromatic heterocycles. The lowest BCUT2D eigenvalue weighted by molar-refractivity contribution is -0.118. The van der Waals surface area contributed by atoms with E-state index in [1.54, 1.807) is 56.7 Å². The summed E-state index contributed by atoms with van der Waals surface area (Å²) in [4.78, 5) is 24.0. The quantitative estimate of drug-likeness (QED) is 0.746. The number of benzene rings is 2. The lowest BCUT2D eigenvalue weighted by Gasteiger charge is -2.11. The van der Waals surface area contributed by atoms with E-state index < -0.39 is 0 Å². The summed E-state index contributed by atoms with van der Waals surface area (Å²) in [7, 11) is 3.08. The fraction of sp³-hybridized carbons (Fsp3) is 0.300. The van der Waals surface area contributed by atoms with Crippen molar-refractivity contribution in [2.75, 3.05) is 31.5 Å². The van der Waals surface area contributed by atoms with E-state index in [4.69, 9.17) is 14.2 Å². The minimum Gasteiger partial charge on any atom is -0.497 e. The first kappa shape index (κ1) is 18.6. The average molecular weight is 370 g/mol. The fourth-order valence-corrected chi connectivity index (χ4v) is 2.48. The average Bonchev–Trinajstić information content (AvgIpc) is 3.51. The van der Waals surface area contributed by atoms with Crippen LogP contribution in [-0.2, 0) is 9.59 Å². The van der Waals surface area contributed by atoms with E-state index >= 15 is 0 Å². The number of amides is 2. The van der Waals surface area contributed by atoms with Crippen LogP contribution < -0.4 is 24.8 Å². The Morgan fingerprint density at radius 3 is 2.22 bits per heavy atom. The zero-order valence-corrected chi connectivity index (χ0v) is 15.3. The standard InChI is InChI=1S/C20H22N2O5/c1-25-17-9-15(10-18(11-17)26-2)21-19(23)12-27-16-5-3-4-14(8-16)22-20(24)13-6-7-13/h3-5,8-11,13H,6-7,12H2,1-2H3,(H,21,23)(H,22,24). The Balaban J connectivity index is 1.55. The number of carbonyl (C=O) groups excluding carboxylic acids is 2. The molecular weight excluding hydrogens is 348 g/mol. The Bertz CT molecular complexity index is 811. The molecule has 0 unspecified atom stereocenters. The molecule has 7 heteroatoms. The van der Waals surface area contributed by atoms with Gasteiger partial charge in [0.1, 0.15) is 17.2 Å². The number of rotatable bonds is 8. The maximum absolute atomic E-state index is 12.2. The zero-order chi connectivity index (χ0) is 19.2. The van der Waals surface area contributed by atoms with Crippen molar-refractivity contribution in [3.05, 3.63) is 42.5 Å². The van der Waals surface area contributed by atoms with E-state index in [0.29, 0.717) is 28.6 Å². The molecule has 1 saturated carbocycles. The number of anilines is 2. The fourth-order valence-electron chi connectivity index (χ4n) is 2.48. The molecule has 0 radical (unpaired) electrons. The minimum atomic E-state index is -0.322. The van der Waals surface area contributed by atoms with Crippen molar-refractivity contribution in [2.45, 2.75) is 12.8 Å². The second-order valence-electron chi connectivity index (χ2n) is 6.23. The van der Waals surface area contributed by atoms with Gasteiger partial charge in [-0.2, -0.15) is 0 Å². The van der Waals surface area contributed by atoms with Crippen LogP contribution in [0.1, 0.15) is 12.8 Å². The van der Waals surface area contributed by atoms with Crippen LogP contribution in [0.3, 0.4) is 0 Å². The summed E-state index contributed by atoms with van der Waals surface area (Å²) < 4.78 is 15.9. The van der Waals surface area contributed by atoms with Crippen LogP contribution in [-0.4, -0.2) is 32.6 Å². The second-order valence-corrected chi connectivity index (χ2v) is 6.23. The normalized spacial score (nSPS) is 12.8. The maximum atomic E-state index is 12.2. The third-order valence-corrected chi connectivity index (χ3v) is 4.05. The van der Waals surface area contributed by atoms with Gasteiger partial charge in [-0.25, -0.2) is 0 Å². The van der Waals surface area contributed by atoms with Crippen molar-refractivity contribution < 1.29 is 23.8 Å². The molecule has 1 aliphatic carbocycles. The summed E-state index contributed by atoms with van der Waals surface area (Å²) in [5.74, 6) is 1.48. The molecule has 0 bridgehead atoms. The zero-order valence-electron chi connectivity index (χ0n) is 15.3. The number of carbonyl (C=O) groups is 2. The van der Waals surface area contributed by atoms with Crippen LogP contribution in [0.25, 0.3) is 0 Å². The third kappa shape index (κ3) is 5.37. The Kier molecular flexibility index (Phi) is 5.80. The Labute approximate surface area is 157 Å². The van der Waals surface area contributed by atoms with Gasteiger partial charge in [0.25, 0.3) is 5.91 Å². The Morgan fingerprint density at radius 2 is 1.59 bits per heavy atom. The van der Waals surface area contributed by atoms with Gasteiger partial charge in [0.2, 0.25) is 5.91 Å². The molecule has 1 fully saturated rings. The topological polar surface area (TPSA) is 85.9 Å². The summed E-state index contributed by atoms with van der Waals surface area (Å²) in [5, 5.41) is 5.59. The van der Waals surface area contributed by atoms with Gasteiger partial charge in [0.15, 0.2) is 6.61 Å². The third-order valence-electron chi connectivity index (χ3n) is 4.05. The van der Waals surface area contributed by atoms with Gasteiger partial charge in [-0.05, 0) is 25.0 Å². The predicted molar refractivity (Wildman–Crippen MR) is 101 cm³/mol. The number of hydrogen-bond acceptors (Lipinski definition) is 5. The summed E-state index contributed by atoms with van der Waals surface area (Å²) in [5.41, 5.74) is 1.20. The minimum absolute atomic E-state index is 0.0249. The van der Waals surface area contributed by atoms with Crippen molar-refractivity contribution in [2.24, 2.45) is 5.92 Å². The predicted octanol–water partition coefficient (Wildman–Crippen LogP) is 3.07. The Hall–Kier alpha value is -3.22.